The lowest BCUT2D eigenvalue weighted by Crippen LogP contribution is -2.50. The standard InChI is InChI=1S/C11H22N2O/c1-4-10(12)11(14)13-6-5-8(2)7-9(13)3/h8-10H,4-7,12H2,1-3H3. The van der Waals surface area contributed by atoms with E-state index in [4.69, 9.17) is 5.73 Å². The van der Waals surface area contributed by atoms with E-state index in [1.807, 2.05) is 11.8 Å². The van der Waals surface area contributed by atoms with Crippen LogP contribution in [0.5, 0.6) is 0 Å². The van der Waals surface area contributed by atoms with Gasteiger partial charge in [-0.2, -0.15) is 0 Å². The molecule has 3 heteroatoms. The molecule has 3 atom stereocenters. The molecule has 0 saturated carbocycles. The van der Waals surface area contributed by atoms with Crippen molar-refractivity contribution < 1.29 is 4.79 Å². The first-order chi connectivity index (χ1) is 6.56. The topological polar surface area (TPSA) is 46.3 Å². The molecule has 1 fully saturated rings. The van der Waals surface area contributed by atoms with Gasteiger partial charge in [-0.3, -0.25) is 4.79 Å². The van der Waals surface area contributed by atoms with Crippen molar-refractivity contribution in [3.05, 3.63) is 0 Å². The summed E-state index contributed by atoms with van der Waals surface area (Å²) < 4.78 is 0. The number of likely N-dealkylation sites (tertiary alicyclic amines) is 1. The maximum atomic E-state index is 11.8. The second-order valence-corrected chi connectivity index (χ2v) is 4.52. The van der Waals surface area contributed by atoms with E-state index < -0.39 is 0 Å². The van der Waals surface area contributed by atoms with Gasteiger partial charge in [0, 0.05) is 12.6 Å². The minimum absolute atomic E-state index is 0.131. The molecule has 0 radical (unpaired) electrons. The molecule has 1 heterocycles. The van der Waals surface area contributed by atoms with Gasteiger partial charge in [-0.25, -0.2) is 0 Å². The Morgan fingerprint density at radius 2 is 2.21 bits per heavy atom. The summed E-state index contributed by atoms with van der Waals surface area (Å²) in [6, 6.07) is 0.0645. The van der Waals surface area contributed by atoms with E-state index in [2.05, 4.69) is 13.8 Å². The number of hydrogen-bond acceptors (Lipinski definition) is 2. The number of nitrogens with two attached hydrogens (primary N) is 1. The molecule has 82 valence electrons. The maximum Gasteiger partial charge on any atom is 0.239 e. The first kappa shape index (κ1) is 11.5. The van der Waals surface area contributed by atoms with Gasteiger partial charge in [0.05, 0.1) is 6.04 Å². The molecule has 0 aromatic heterocycles. The first-order valence-electron chi connectivity index (χ1n) is 5.62. The molecule has 0 spiro atoms. The average molecular weight is 198 g/mol. The third-order valence-corrected chi connectivity index (χ3v) is 3.18. The third kappa shape index (κ3) is 2.47. The predicted octanol–water partition coefficient (Wildman–Crippen LogP) is 1.37. The van der Waals surface area contributed by atoms with E-state index in [0.29, 0.717) is 6.04 Å². The van der Waals surface area contributed by atoms with Crippen LogP contribution in [0, 0.1) is 5.92 Å². The fourth-order valence-corrected chi connectivity index (χ4v) is 2.12. The van der Waals surface area contributed by atoms with Crippen LogP contribution in [0.25, 0.3) is 0 Å². The van der Waals surface area contributed by atoms with Crippen LogP contribution in [-0.2, 0) is 4.79 Å². The zero-order chi connectivity index (χ0) is 10.7. The van der Waals surface area contributed by atoms with Gasteiger partial charge in [-0.1, -0.05) is 13.8 Å². The van der Waals surface area contributed by atoms with Gasteiger partial charge in [-0.15, -0.1) is 0 Å². The molecule has 1 rings (SSSR count). The number of amides is 1. The number of nitrogens with zero attached hydrogens (tertiary/aromatic N) is 1. The highest BCUT2D eigenvalue weighted by Crippen LogP contribution is 2.22. The molecule has 0 bridgehead atoms. The molecule has 0 aromatic rings. The number of piperidine rings is 1. The SMILES string of the molecule is CCC(N)C(=O)N1CCC(C)CC1C. The maximum absolute atomic E-state index is 11.8. The zero-order valence-electron chi connectivity index (χ0n) is 9.49. The molecular formula is C11H22N2O. The fourth-order valence-electron chi connectivity index (χ4n) is 2.12. The van der Waals surface area contributed by atoms with Crippen LogP contribution in [0.4, 0.5) is 0 Å². The van der Waals surface area contributed by atoms with E-state index in [9.17, 15) is 4.79 Å². The number of carbonyl (C=O) groups excluding carboxylic acids is 1. The molecule has 1 amide bonds. The monoisotopic (exact) mass is 198 g/mol. The van der Waals surface area contributed by atoms with Crippen molar-refractivity contribution in [1.29, 1.82) is 0 Å². The molecule has 3 unspecified atom stereocenters. The lowest BCUT2D eigenvalue weighted by atomic mass is 9.93. The molecule has 14 heavy (non-hydrogen) atoms. The minimum atomic E-state index is -0.300. The Balaban J connectivity index is 2.55. The van der Waals surface area contributed by atoms with Crippen molar-refractivity contribution in [2.45, 2.75) is 52.1 Å². The molecular weight excluding hydrogens is 176 g/mol. The molecule has 3 nitrogen and oxygen atoms in total. The highest BCUT2D eigenvalue weighted by atomic mass is 16.2. The van der Waals surface area contributed by atoms with Crippen molar-refractivity contribution >= 4 is 5.91 Å². The van der Waals surface area contributed by atoms with Crippen molar-refractivity contribution in [1.82, 2.24) is 4.90 Å². The number of hydrogen-bond donors (Lipinski definition) is 1. The summed E-state index contributed by atoms with van der Waals surface area (Å²) in [6.45, 7) is 7.21. The van der Waals surface area contributed by atoms with Gasteiger partial charge in [0.2, 0.25) is 5.91 Å². The van der Waals surface area contributed by atoms with Crippen LogP contribution in [0.2, 0.25) is 0 Å². The van der Waals surface area contributed by atoms with Crippen molar-refractivity contribution in [2.24, 2.45) is 11.7 Å². The second kappa shape index (κ2) is 4.78. The summed E-state index contributed by atoms with van der Waals surface area (Å²) in [5, 5.41) is 0. The molecule has 2 N–H and O–H groups in total. The molecule has 1 aliphatic rings. The van der Waals surface area contributed by atoms with E-state index in [-0.39, 0.29) is 11.9 Å². The van der Waals surface area contributed by atoms with Crippen molar-refractivity contribution in [2.75, 3.05) is 6.54 Å². The zero-order valence-corrected chi connectivity index (χ0v) is 9.49. The summed E-state index contributed by atoms with van der Waals surface area (Å²) in [5.41, 5.74) is 5.75. The quantitative estimate of drug-likeness (QED) is 0.728. The summed E-state index contributed by atoms with van der Waals surface area (Å²) in [5.74, 6) is 0.874. The molecule has 1 aliphatic heterocycles. The largest absolute Gasteiger partial charge is 0.339 e. The molecule has 1 saturated heterocycles. The first-order valence-corrected chi connectivity index (χ1v) is 5.62. The predicted molar refractivity (Wildman–Crippen MR) is 57.8 cm³/mol. The van der Waals surface area contributed by atoms with Crippen molar-refractivity contribution in [3.8, 4) is 0 Å². The second-order valence-electron chi connectivity index (χ2n) is 4.52. The lowest BCUT2D eigenvalue weighted by Gasteiger charge is -2.37. The van der Waals surface area contributed by atoms with Gasteiger partial charge >= 0.3 is 0 Å². The summed E-state index contributed by atoms with van der Waals surface area (Å²) in [4.78, 5) is 13.8. The van der Waals surface area contributed by atoms with Gasteiger partial charge in [0.1, 0.15) is 0 Å². The molecule has 0 aliphatic carbocycles. The highest BCUT2D eigenvalue weighted by molar-refractivity contribution is 5.81. The Labute approximate surface area is 86.6 Å². The van der Waals surface area contributed by atoms with Gasteiger partial charge in [0.25, 0.3) is 0 Å². The number of rotatable bonds is 2. The van der Waals surface area contributed by atoms with Crippen LogP contribution in [0.3, 0.4) is 0 Å². The molecule has 0 aromatic carbocycles. The number of carbonyl (C=O) groups is 1. The van der Waals surface area contributed by atoms with Crippen LogP contribution < -0.4 is 5.73 Å². The van der Waals surface area contributed by atoms with Gasteiger partial charge < -0.3 is 10.6 Å². The van der Waals surface area contributed by atoms with Crippen LogP contribution in [0.1, 0.15) is 40.0 Å². The van der Waals surface area contributed by atoms with Gasteiger partial charge in [-0.05, 0) is 32.1 Å². The highest BCUT2D eigenvalue weighted by Gasteiger charge is 2.28. The van der Waals surface area contributed by atoms with E-state index in [1.165, 1.54) is 0 Å². The Morgan fingerprint density at radius 1 is 1.57 bits per heavy atom. The smallest absolute Gasteiger partial charge is 0.239 e. The third-order valence-electron chi connectivity index (χ3n) is 3.18. The Morgan fingerprint density at radius 3 is 2.71 bits per heavy atom. The summed E-state index contributed by atoms with van der Waals surface area (Å²) in [7, 11) is 0. The Kier molecular flexibility index (Phi) is 3.93. The Hall–Kier alpha value is -0.570. The van der Waals surface area contributed by atoms with Crippen molar-refractivity contribution in [3.63, 3.8) is 0 Å². The van der Waals surface area contributed by atoms with E-state index >= 15 is 0 Å². The van der Waals surface area contributed by atoms with Gasteiger partial charge in [0.15, 0.2) is 0 Å². The van der Waals surface area contributed by atoms with Crippen LogP contribution in [0.15, 0.2) is 0 Å². The Bertz CT molecular complexity index is 205. The lowest BCUT2D eigenvalue weighted by molar-refractivity contribution is -0.136. The van der Waals surface area contributed by atoms with E-state index in [1.54, 1.807) is 0 Å². The minimum Gasteiger partial charge on any atom is -0.339 e. The van der Waals surface area contributed by atoms with Crippen LogP contribution in [-0.4, -0.2) is 29.4 Å². The average Bonchev–Trinajstić information content (AvgIpc) is 2.15. The summed E-state index contributed by atoms with van der Waals surface area (Å²) in [6.07, 6.45) is 2.96. The fraction of sp³-hybridized carbons (Fsp3) is 0.909. The summed E-state index contributed by atoms with van der Waals surface area (Å²) >= 11 is 0. The normalized spacial score (nSPS) is 30.1. The van der Waals surface area contributed by atoms with E-state index in [0.717, 1.165) is 31.7 Å². The van der Waals surface area contributed by atoms with Crippen LogP contribution >= 0.6 is 0 Å².